The van der Waals surface area contributed by atoms with Crippen LogP contribution in [0.2, 0.25) is 0 Å². The Hall–Kier alpha value is -2.15. The fourth-order valence-electron chi connectivity index (χ4n) is 3.70. The zero-order chi connectivity index (χ0) is 18.7. The van der Waals surface area contributed by atoms with E-state index < -0.39 is 0 Å². The van der Waals surface area contributed by atoms with Gasteiger partial charge >= 0.3 is 0 Å². The molecule has 0 aromatic carbocycles. The number of hydrogen-bond acceptors (Lipinski definition) is 3. The first kappa shape index (κ1) is 18.6. The van der Waals surface area contributed by atoms with Gasteiger partial charge in [0.15, 0.2) is 0 Å². The molecule has 0 spiro atoms. The third-order valence-corrected chi connectivity index (χ3v) is 5.99. The molecule has 1 saturated carbocycles. The first-order valence-electron chi connectivity index (χ1n) is 9.95. The van der Waals surface area contributed by atoms with Crippen molar-refractivity contribution in [2.75, 3.05) is 0 Å². The Kier molecular flexibility index (Phi) is 5.76. The van der Waals surface area contributed by atoms with Crippen molar-refractivity contribution in [1.82, 2.24) is 9.61 Å². The molecular formula is C22H29N3O. The minimum absolute atomic E-state index is 0.153. The van der Waals surface area contributed by atoms with Gasteiger partial charge < -0.3 is 0 Å². The van der Waals surface area contributed by atoms with E-state index in [0.29, 0.717) is 29.6 Å². The molecule has 2 aromatic rings. The largest absolute Gasteiger partial charge is 0.299 e. The maximum Gasteiger partial charge on any atom is 0.135 e. The van der Waals surface area contributed by atoms with E-state index in [-0.39, 0.29) is 5.92 Å². The molecule has 0 N–H and O–H groups in total. The van der Waals surface area contributed by atoms with Crippen LogP contribution in [0.4, 0.5) is 0 Å². The predicted molar refractivity (Wildman–Crippen MR) is 103 cm³/mol. The minimum Gasteiger partial charge on any atom is -0.299 e. The van der Waals surface area contributed by atoms with E-state index in [9.17, 15) is 10.1 Å². The Morgan fingerprint density at radius 1 is 1.35 bits per heavy atom. The fourth-order valence-corrected chi connectivity index (χ4v) is 3.70. The Bertz CT molecular complexity index is 824. The lowest BCUT2D eigenvalue weighted by molar-refractivity contribution is -0.123. The average molecular weight is 351 g/mol. The Morgan fingerprint density at radius 3 is 2.73 bits per heavy atom. The first-order valence-corrected chi connectivity index (χ1v) is 9.95. The summed E-state index contributed by atoms with van der Waals surface area (Å²) in [4.78, 5) is 12.2. The zero-order valence-electron chi connectivity index (χ0n) is 16.2. The molecular weight excluding hydrogens is 322 g/mol. The van der Waals surface area contributed by atoms with Crippen molar-refractivity contribution in [3.05, 3.63) is 35.2 Å². The van der Waals surface area contributed by atoms with E-state index >= 15 is 0 Å². The first-order chi connectivity index (χ1) is 12.5. The molecule has 0 unspecified atom stereocenters. The van der Waals surface area contributed by atoms with Crippen LogP contribution in [-0.4, -0.2) is 15.4 Å². The number of nitrogens with zero attached hydrogens (tertiary/aromatic N) is 3. The second-order valence-electron chi connectivity index (χ2n) is 8.05. The van der Waals surface area contributed by atoms with Gasteiger partial charge in [-0.3, -0.25) is 4.79 Å². The Balaban J connectivity index is 1.69. The summed E-state index contributed by atoms with van der Waals surface area (Å²) in [7, 11) is 0. The second kappa shape index (κ2) is 8.03. The van der Waals surface area contributed by atoms with Crippen molar-refractivity contribution >= 4 is 11.3 Å². The lowest BCUT2D eigenvalue weighted by Crippen LogP contribution is -2.16. The second-order valence-corrected chi connectivity index (χ2v) is 8.05. The Labute approximate surface area is 156 Å². The summed E-state index contributed by atoms with van der Waals surface area (Å²) >= 11 is 0. The zero-order valence-corrected chi connectivity index (χ0v) is 16.2. The predicted octanol–water partition coefficient (Wildman–Crippen LogP) is 5.05. The molecule has 1 aliphatic carbocycles. The number of nitriles is 1. The number of rotatable bonds is 8. The summed E-state index contributed by atoms with van der Waals surface area (Å²) in [5.74, 6) is 1.53. The van der Waals surface area contributed by atoms with Gasteiger partial charge in [-0.25, -0.2) is 4.52 Å². The number of pyridine rings is 1. The van der Waals surface area contributed by atoms with Crippen LogP contribution in [-0.2, 0) is 11.2 Å². The number of Topliss-reactive ketones (excluding diaryl/α,β-unsaturated/α-hetero) is 1. The molecule has 0 amide bonds. The fraction of sp³-hybridized carbons (Fsp3) is 0.591. The third kappa shape index (κ3) is 3.82. The highest BCUT2D eigenvalue weighted by Gasteiger charge is 2.27. The van der Waals surface area contributed by atoms with Crippen molar-refractivity contribution in [2.45, 2.75) is 71.6 Å². The topological polar surface area (TPSA) is 58.2 Å². The number of carbonyl (C=O) groups excluding carboxylic acids is 1. The molecule has 1 fully saturated rings. The van der Waals surface area contributed by atoms with Gasteiger partial charge in [0.2, 0.25) is 0 Å². The van der Waals surface area contributed by atoms with Crippen molar-refractivity contribution in [3.63, 3.8) is 0 Å². The van der Waals surface area contributed by atoms with Crippen molar-refractivity contribution in [3.8, 4) is 6.07 Å². The molecule has 2 aromatic heterocycles. The highest BCUT2D eigenvalue weighted by molar-refractivity contribution is 5.80. The summed E-state index contributed by atoms with van der Waals surface area (Å²) in [6.07, 6.45) is 9.12. The maximum atomic E-state index is 12.2. The van der Waals surface area contributed by atoms with E-state index in [1.807, 2.05) is 29.8 Å². The maximum absolute atomic E-state index is 12.2. The molecule has 0 bridgehead atoms. The summed E-state index contributed by atoms with van der Waals surface area (Å²) in [5, 5.41) is 14.0. The van der Waals surface area contributed by atoms with Gasteiger partial charge in [-0.05, 0) is 56.1 Å². The van der Waals surface area contributed by atoms with Crippen molar-refractivity contribution in [2.24, 2.45) is 11.8 Å². The van der Waals surface area contributed by atoms with Crippen LogP contribution >= 0.6 is 0 Å². The highest BCUT2D eigenvalue weighted by Crippen LogP contribution is 2.40. The van der Waals surface area contributed by atoms with Gasteiger partial charge in [0.1, 0.15) is 5.78 Å². The van der Waals surface area contributed by atoms with Crippen LogP contribution in [0.15, 0.2) is 18.3 Å². The summed E-state index contributed by atoms with van der Waals surface area (Å²) in [5.41, 5.74) is 4.29. The number of aryl methyl sites for hydroxylation is 1. The number of carbonyl (C=O) groups is 1. The lowest BCUT2D eigenvalue weighted by atomic mass is 9.78. The normalized spacial score (nSPS) is 15.8. The quantitative estimate of drug-likeness (QED) is 0.625. The monoisotopic (exact) mass is 351 g/mol. The molecule has 1 atom stereocenters. The van der Waals surface area contributed by atoms with Gasteiger partial charge in [0, 0.05) is 24.1 Å². The van der Waals surface area contributed by atoms with E-state index in [1.165, 1.54) is 24.8 Å². The molecule has 2 heterocycles. The molecule has 26 heavy (non-hydrogen) atoms. The van der Waals surface area contributed by atoms with Crippen LogP contribution in [0.3, 0.4) is 0 Å². The smallest absolute Gasteiger partial charge is 0.135 e. The summed E-state index contributed by atoms with van der Waals surface area (Å²) < 4.78 is 1.93. The molecule has 3 rings (SSSR count). The van der Waals surface area contributed by atoms with E-state index in [4.69, 9.17) is 5.10 Å². The summed E-state index contributed by atoms with van der Waals surface area (Å²) in [6, 6.07) is 6.03. The van der Waals surface area contributed by atoms with Crippen LogP contribution in [0.25, 0.3) is 5.52 Å². The van der Waals surface area contributed by atoms with Gasteiger partial charge in [-0.2, -0.15) is 10.4 Å². The SMILES string of the molecule is CC(C)[C@H](C)C(=O)CCCCc1nn2ccc(C#N)cc2c1C1CCC1. The highest BCUT2D eigenvalue weighted by atomic mass is 16.1. The number of aromatic nitrogens is 2. The number of fused-ring (bicyclic) bond motifs is 1. The average Bonchev–Trinajstić information content (AvgIpc) is 2.93. The van der Waals surface area contributed by atoms with E-state index in [1.54, 1.807) is 0 Å². The van der Waals surface area contributed by atoms with Crippen LogP contribution in [0, 0.1) is 23.2 Å². The van der Waals surface area contributed by atoms with E-state index in [2.05, 4.69) is 19.9 Å². The van der Waals surface area contributed by atoms with Gasteiger partial charge in [0.25, 0.3) is 0 Å². The van der Waals surface area contributed by atoms with Crippen molar-refractivity contribution < 1.29 is 4.79 Å². The lowest BCUT2D eigenvalue weighted by Gasteiger charge is -2.26. The van der Waals surface area contributed by atoms with Crippen LogP contribution < -0.4 is 0 Å². The molecule has 138 valence electrons. The van der Waals surface area contributed by atoms with Gasteiger partial charge in [-0.15, -0.1) is 0 Å². The van der Waals surface area contributed by atoms with Gasteiger partial charge in [-0.1, -0.05) is 27.2 Å². The molecule has 0 saturated heterocycles. The van der Waals surface area contributed by atoms with Crippen LogP contribution in [0.5, 0.6) is 0 Å². The van der Waals surface area contributed by atoms with Crippen molar-refractivity contribution in [1.29, 1.82) is 5.26 Å². The number of hydrogen-bond donors (Lipinski definition) is 0. The molecule has 1 aliphatic rings. The molecule has 4 nitrogen and oxygen atoms in total. The number of ketones is 1. The standard InChI is InChI=1S/C22H29N3O/c1-15(2)16(3)21(26)10-5-4-9-19-22(18-7-6-8-18)20-13-17(14-23)11-12-25(20)24-19/h11-13,15-16,18H,4-10H2,1-3H3/t16-/m0/s1. The van der Waals surface area contributed by atoms with Gasteiger partial charge in [0.05, 0.1) is 22.8 Å². The number of unbranched alkanes of at least 4 members (excludes halogenated alkanes) is 1. The molecule has 4 heteroatoms. The molecule has 0 aliphatic heterocycles. The minimum atomic E-state index is 0.153. The third-order valence-electron chi connectivity index (χ3n) is 5.99. The molecule has 0 radical (unpaired) electrons. The summed E-state index contributed by atoms with van der Waals surface area (Å²) in [6.45, 7) is 6.26. The Morgan fingerprint density at radius 2 is 2.12 bits per heavy atom. The van der Waals surface area contributed by atoms with E-state index in [0.717, 1.165) is 30.5 Å². The van der Waals surface area contributed by atoms with Crippen LogP contribution in [0.1, 0.15) is 82.0 Å².